The Morgan fingerprint density at radius 3 is 2.55 bits per heavy atom. The van der Waals surface area contributed by atoms with Gasteiger partial charge in [-0.25, -0.2) is 0 Å². The van der Waals surface area contributed by atoms with Gasteiger partial charge in [0.25, 0.3) is 0 Å². The lowest BCUT2D eigenvalue weighted by atomic mass is 10.0. The van der Waals surface area contributed by atoms with E-state index in [1.165, 1.54) is 0 Å². The Labute approximate surface area is 69.4 Å². The van der Waals surface area contributed by atoms with Gasteiger partial charge in [-0.15, -0.1) is 0 Å². The molecule has 1 atom stereocenters. The second-order valence-corrected chi connectivity index (χ2v) is 2.86. The molecule has 11 heavy (non-hydrogen) atoms. The van der Waals surface area contributed by atoms with Crippen molar-refractivity contribution >= 4 is 5.91 Å². The molecule has 1 unspecified atom stereocenters. The van der Waals surface area contributed by atoms with Crippen LogP contribution < -0.4 is 5.32 Å². The molecular weight excluding hydrogens is 138 g/mol. The largest absolute Gasteiger partial charge is 0.273 e. The summed E-state index contributed by atoms with van der Waals surface area (Å²) >= 11 is 0. The Balaban J connectivity index is 3.46. The third kappa shape index (κ3) is 4.82. The highest BCUT2D eigenvalue weighted by molar-refractivity contribution is 5.77. The smallest absolute Gasteiger partial charge is 0.243 e. The molecule has 0 aromatic carbocycles. The molecule has 0 aromatic heterocycles. The Bertz CT molecular complexity index is 112. The summed E-state index contributed by atoms with van der Waals surface area (Å²) in [5.74, 6) is 0.204. The van der Waals surface area contributed by atoms with E-state index >= 15 is 0 Å². The standard InChI is InChI=1S/C9H18NO/c1-4-6-7-8(3)9(11)10-5-2/h8H,4-7H2,1-3H3. The van der Waals surface area contributed by atoms with Gasteiger partial charge in [0.05, 0.1) is 0 Å². The number of carbonyl (C=O) groups is 1. The van der Waals surface area contributed by atoms with Crippen molar-refractivity contribution in [3.05, 3.63) is 0 Å². The number of unbranched alkanes of at least 4 members (excludes halogenated alkanes) is 1. The molecule has 1 amide bonds. The van der Waals surface area contributed by atoms with Crippen molar-refractivity contribution in [2.45, 2.75) is 40.0 Å². The molecule has 0 aliphatic carbocycles. The molecule has 1 radical (unpaired) electrons. The highest BCUT2D eigenvalue weighted by Gasteiger charge is 2.11. The van der Waals surface area contributed by atoms with E-state index in [1.54, 1.807) is 0 Å². The van der Waals surface area contributed by atoms with Crippen molar-refractivity contribution in [3.63, 3.8) is 0 Å². The van der Waals surface area contributed by atoms with Gasteiger partial charge in [0, 0.05) is 12.5 Å². The van der Waals surface area contributed by atoms with Gasteiger partial charge >= 0.3 is 0 Å². The van der Waals surface area contributed by atoms with Gasteiger partial charge in [0.1, 0.15) is 0 Å². The summed E-state index contributed by atoms with van der Waals surface area (Å²) in [4.78, 5) is 11.1. The molecule has 0 bridgehead atoms. The highest BCUT2D eigenvalue weighted by Crippen LogP contribution is 2.07. The van der Waals surface area contributed by atoms with Crippen LogP contribution in [0.15, 0.2) is 0 Å². The summed E-state index contributed by atoms with van der Waals surface area (Å²) in [6.07, 6.45) is 3.27. The second-order valence-electron chi connectivity index (χ2n) is 2.86. The maximum absolute atomic E-state index is 11.1. The van der Waals surface area contributed by atoms with Crippen molar-refractivity contribution in [1.82, 2.24) is 5.32 Å². The Morgan fingerprint density at radius 2 is 2.09 bits per heavy atom. The average Bonchev–Trinajstić information content (AvgIpc) is 2.00. The molecule has 2 nitrogen and oxygen atoms in total. The first kappa shape index (κ1) is 10.5. The molecule has 2 heteroatoms. The summed E-state index contributed by atoms with van der Waals surface area (Å²) in [7, 11) is 0. The number of amides is 1. The van der Waals surface area contributed by atoms with Crippen LogP contribution in [0.3, 0.4) is 0 Å². The molecule has 0 aliphatic rings. The summed E-state index contributed by atoms with van der Waals surface area (Å²) in [6.45, 7) is 6.60. The minimum Gasteiger partial charge on any atom is -0.273 e. The number of nitrogens with zero attached hydrogens (tertiary/aromatic N) is 1. The summed E-state index contributed by atoms with van der Waals surface area (Å²) in [5.41, 5.74) is 0. The van der Waals surface area contributed by atoms with E-state index in [9.17, 15) is 4.79 Å². The molecule has 0 saturated heterocycles. The molecule has 0 heterocycles. The topological polar surface area (TPSA) is 31.2 Å². The quantitative estimate of drug-likeness (QED) is 0.598. The van der Waals surface area contributed by atoms with Gasteiger partial charge in [-0.2, -0.15) is 0 Å². The van der Waals surface area contributed by atoms with Gasteiger partial charge in [-0.05, 0) is 13.3 Å². The zero-order valence-corrected chi connectivity index (χ0v) is 7.76. The number of carbonyl (C=O) groups excluding carboxylic acids is 1. The van der Waals surface area contributed by atoms with Crippen molar-refractivity contribution in [3.8, 4) is 0 Å². The van der Waals surface area contributed by atoms with Crippen LogP contribution in [0, 0.1) is 5.92 Å². The van der Waals surface area contributed by atoms with E-state index in [-0.39, 0.29) is 11.8 Å². The van der Waals surface area contributed by atoms with Crippen LogP contribution in [0.1, 0.15) is 40.0 Å². The van der Waals surface area contributed by atoms with Crippen molar-refractivity contribution in [2.75, 3.05) is 6.54 Å². The SMILES string of the molecule is CCCCC(C)C(=O)[N]CC. The minimum absolute atomic E-state index is 0.0703. The van der Waals surface area contributed by atoms with E-state index in [4.69, 9.17) is 0 Å². The van der Waals surface area contributed by atoms with Crippen LogP contribution in [0.4, 0.5) is 0 Å². The average molecular weight is 156 g/mol. The fraction of sp³-hybridized carbons (Fsp3) is 0.889. The molecule has 0 rings (SSSR count). The van der Waals surface area contributed by atoms with Crippen molar-refractivity contribution in [1.29, 1.82) is 0 Å². The third-order valence-corrected chi connectivity index (χ3v) is 1.73. The lowest BCUT2D eigenvalue weighted by Crippen LogP contribution is -2.22. The molecule has 0 N–H and O–H groups in total. The number of rotatable bonds is 5. The Morgan fingerprint density at radius 1 is 1.45 bits per heavy atom. The molecule has 0 aliphatic heterocycles. The first-order valence-electron chi connectivity index (χ1n) is 4.43. The van der Waals surface area contributed by atoms with Gasteiger partial charge in [-0.1, -0.05) is 26.7 Å². The fourth-order valence-electron chi connectivity index (χ4n) is 0.945. The van der Waals surface area contributed by atoms with Crippen LogP contribution in [-0.4, -0.2) is 12.5 Å². The van der Waals surface area contributed by atoms with E-state index in [0.29, 0.717) is 6.54 Å². The minimum atomic E-state index is 0.0703. The Hall–Kier alpha value is -0.530. The van der Waals surface area contributed by atoms with Crippen LogP contribution in [-0.2, 0) is 4.79 Å². The molecule has 0 aromatic rings. The first-order chi connectivity index (χ1) is 5.22. The predicted molar refractivity (Wildman–Crippen MR) is 46.4 cm³/mol. The summed E-state index contributed by atoms with van der Waals surface area (Å²) in [5, 5.41) is 3.84. The van der Waals surface area contributed by atoms with E-state index in [2.05, 4.69) is 12.2 Å². The van der Waals surface area contributed by atoms with Crippen LogP contribution in [0.2, 0.25) is 0 Å². The van der Waals surface area contributed by atoms with Crippen LogP contribution in [0.25, 0.3) is 0 Å². The highest BCUT2D eigenvalue weighted by atomic mass is 16.1. The maximum atomic E-state index is 11.1. The summed E-state index contributed by atoms with van der Waals surface area (Å²) < 4.78 is 0. The van der Waals surface area contributed by atoms with Gasteiger partial charge < -0.3 is 0 Å². The van der Waals surface area contributed by atoms with Gasteiger partial charge in [-0.3, -0.25) is 10.1 Å². The van der Waals surface area contributed by atoms with Crippen LogP contribution in [0.5, 0.6) is 0 Å². The predicted octanol–water partition coefficient (Wildman–Crippen LogP) is 1.96. The van der Waals surface area contributed by atoms with Gasteiger partial charge in [0.2, 0.25) is 5.91 Å². The maximum Gasteiger partial charge on any atom is 0.243 e. The normalized spacial score (nSPS) is 12.6. The van der Waals surface area contributed by atoms with Gasteiger partial charge in [0.15, 0.2) is 0 Å². The molecule has 0 fully saturated rings. The lowest BCUT2D eigenvalue weighted by Gasteiger charge is -2.07. The third-order valence-electron chi connectivity index (χ3n) is 1.73. The van der Waals surface area contributed by atoms with E-state index in [0.717, 1.165) is 19.3 Å². The molecule has 0 saturated carbocycles. The molecular formula is C9H18NO. The zero-order chi connectivity index (χ0) is 8.69. The monoisotopic (exact) mass is 156 g/mol. The summed E-state index contributed by atoms with van der Waals surface area (Å²) in [6, 6.07) is 0. The number of hydrogen-bond acceptors (Lipinski definition) is 1. The lowest BCUT2D eigenvalue weighted by molar-refractivity contribution is -0.124. The van der Waals surface area contributed by atoms with E-state index < -0.39 is 0 Å². The molecule has 65 valence electrons. The van der Waals surface area contributed by atoms with Crippen molar-refractivity contribution in [2.24, 2.45) is 5.92 Å². The van der Waals surface area contributed by atoms with Crippen LogP contribution >= 0.6 is 0 Å². The second kappa shape index (κ2) is 6.20. The first-order valence-corrected chi connectivity index (χ1v) is 4.43. The van der Waals surface area contributed by atoms with E-state index in [1.807, 2.05) is 13.8 Å². The fourth-order valence-corrected chi connectivity index (χ4v) is 0.945. The number of hydrogen-bond donors (Lipinski definition) is 0. The Kier molecular flexibility index (Phi) is 5.90. The molecule has 0 spiro atoms. The van der Waals surface area contributed by atoms with Crippen molar-refractivity contribution < 1.29 is 4.79 Å². The zero-order valence-electron chi connectivity index (χ0n) is 7.76.